The summed E-state index contributed by atoms with van der Waals surface area (Å²) in [6.07, 6.45) is 2.14. The van der Waals surface area contributed by atoms with Crippen LogP contribution in [-0.4, -0.2) is 32.7 Å². The number of aliphatic imine (C=N–C) groups is 1. The minimum Gasteiger partial charge on any atom is -0.493 e. The van der Waals surface area contributed by atoms with Gasteiger partial charge in [-0.15, -0.1) is 11.3 Å². The SMILES string of the molecule is CN=C(NCC(C)Cc1cccs1)NCC1CCOc2ccccc21. The summed E-state index contributed by atoms with van der Waals surface area (Å²) in [5.41, 5.74) is 1.29. The van der Waals surface area contributed by atoms with Crippen LogP contribution in [0.4, 0.5) is 0 Å². The van der Waals surface area contributed by atoms with Crippen molar-refractivity contribution < 1.29 is 4.74 Å². The molecule has 0 spiro atoms. The summed E-state index contributed by atoms with van der Waals surface area (Å²) in [7, 11) is 1.83. The van der Waals surface area contributed by atoms with Gasteiger partial charge in [-0.25, -0.2) is 0 Å². The van der Waals surface area contributed by atoms with E-state index in [0.717, 1.165) is 44.2 Å². The lowest BCUT2D eigenvalue weighted by molar-refractivity contribution is 0.267. The first-order valence-electron chi connectivity index (χ1n) is 8.95. The zero-order valence-corrected chi connectivity index (χ0v) is 15.8. The quantitative estimate of drug-likeness (QED) is 0.613. The fourth-order valence-corrected chi connectivity index (χ4v) is 4.05. The van der Waals surface area contributed by atoms with E-state index in [4.69, 9.17) is 4.74 Å². The molecule has 1 aromatic heterocycles. The molecule has 0 aliphatic carbocycles. The summed E-state index contributed by atoms with van der Waals surface area (Å²) >= 11 is 1.83. The number of rotatable bonds is 6. The third-order valence-electron chi connectivity index (χ3n) is 4.57. The minimum atomic E-state index is 0.465. The van der Waals surface area contributed by atoms with Crippen molar-refractivity contribution in [1.29, 1.82) is 0 Å². The molecule has 0 radical (unpaired) electrons. The molecule has 25 heavy (non-hydrogen) atoms. The summed E-state index contributed by atoms with van der Waals surface area (Å²) in [6, 6.07) is 12.7. The topological polar surface area (TPSA) is 45.7 Å². The summed E-state index contributed by atoms with van der Waals surface area (Å²) < 4.78 is 5.74. The molecule has 0 saturated heterocycles. The summed E-state index contributed by atoms with van der Waals surface area (Å²) in [6.45, 7) is 4.85. The van der Waals surface area contributed by atoms with Gasteiger partial charge in [0.1, 0.15) is 5.75 Å². The second kappa shape index (κ2) is 8.90. The lowest BCUT2D eigenvalue weighted by Crippen LogP contribution is -2.41. The number of hydrogen-bond acceptors (Lipinski definition) is 3. The third kappa shape index (κ3) is 4.98. The van der Waals surface area contributed by atoms with E-state index in [9.17, 15) is 0 Å². The summed E-state index contributed by atoms with van der Waals surface area (Å²) in [4.78, 5) is 5.80. The predicted octanol–water partition coefficient (Wildman–Crippen LogP) is 3.66. The Kier molecular flexibility index (Phi) is 6.34. The molecule has 134 valence electrons. The van der Waals surface area contributed by atoms with E-state index in [-0.39, 0.29) is 0 Å². The first kappa shape index (κ1) is 17.8. The van der Waals surface area contributed by atoms with Crippen LogP contribution in [0.25, 0.3) is 0 Å². The van der Waals surface area contributed by atoms with Crippen molar-refractivity contribution >= 4 is 17.3 Å². The van der Waals surface area contributed by atoms with Gasteiger partial charge in [-0.3, -0.25) is 4.99 Å². The van der Waals surface area contributed by atoms with Crippen LogP contribution < -0.4 is 15.4 Å². The summed E-state index contributed by atoms with van der Waals surface area (Å²) in [5.74, 6) is 2.93. The monoisotopic (exact) mass is 357 g/mol. The maximum atomic E-state index is 5.74. The number of hydrogen-bond donors (Lipinski definition) is 2. The van der Waals surface area contributed by atoms with E-state index in [1.165, 1.54) is 10.4 Å². The van der Waals surface area contributed by atoms with Gasteiger partial charge in [-0.1, -0.05) is 31.2 Å². The molecule has 0 bridgehead atoms. The Bertz CT molecular complexity index is 684. The highest BCUT2D eigenvalue weighted by atomic mass is 32.1. The molecule has 2 N–H and O–H groups in total. The molecular formula is C20H27N3OS. The number of para-hydroxylation sites is 1. The van der Waals surface area contributed by atoms with Crippen LogP contribution in [0.15, 0.2) is 46.8 Å². The van der Waals surface area contributed by atoms with E-state index in [2.05, 4.69) is 58.3 Å². The highest BCUT2D eigenvalue weighted by Gasteiger charge is 2.21. The number of thiophene rings is 1. The molecule has 3 rings (SSSR count). The van der Waals surface area contributed by atoms with Gasteiger partial charge in [0.25, 0.3) is 0 Å². The Morgan fingerprint density at radius 1 is 1.28 bits per heavy atom. The van der Waals surface area contributed by atoms with E-state index < -0.39 is 0 Å². The van der Waals surface area contributed by atoms with E-state index >= 15 is 0 Å². The number of guanidine groups is 1. The van der Waals surface area contributed by atoms with Crippen molar-refractivity contribution in [1.82, 2.24) is 10.6 Å². The van der Waals surface area contributed by atoms with Crippen molar-refractivity contribution in [2.24, 2.45) is 10.9 Å². The van der Waals surface area contributed by atoms with E-state index in [1.54, 1.807) is 0 Å². The molecule has 2 atom stereocenters. The number of benzene rings is 1. The van der Waals surface area contributed by atoms with E-state index in [0.29, 0.717) is 11.8 Å². The van der Waals surface area contributed by atoms with Crippen LogP contribution in [0.5, 0.6) is 5.75 Å². The Hall–Kier alpha value is -2.01. The molecule has 4 nitrogen and oxygen atoms in total. The standard InChI is InChI=1S/C20H27N3OS/c1-15(12-17-6-5-11-25-17)13-22-20(21-2)23-14-16-9-10-24-19-8-4-3-7-18(16)19/h3-8,11,15-16H,9-10,12-14H2,1-2H3,(H2,21,22,23). The van der Waals surface area contributed by atoms with Gasteiger partial charge in [-0.2, -0.15) is 0 Å². The minimum absolute atomic E-state index is 0.465. The predicted molar refractivity (Wildman–Crippen MR) is 106 cm³/mol. The molecule has 0 saturated carbocycles. The Balaban J connectivity index is 1.47. The van der Waals surface area contributed by atoms with Crippen LogP contribution in [0.2, 0.25) is 0 Å². The van der Waals surface area contributed by atoms with Gasteiger partial charge in [0.05, 0.1) is 6.61 Å². The first-order chi connectivity index (χ1) is 12.3. The second-order valence-corrected chi connectivity index (χ2v) is 7.63. The molecule has 1 aliphatic heterocycles. The van der Waals surface area contributed by atoms with Gasteiger partial charge < -0.3 is 15.4 Å². The Labute approximate surface area is 154 Å². The molecule has 1 aromatic carbocycles. The molecular weight excluding hydrogens is 330 g/mol. The molecule has 2 unspecified atom stereocenters. The van der Waals surface area contributed by atoms with Crippen LogP contribution >= 0.6 is 11.3 Å². The zero-order valence-electron chi connectivity index (χ0n) is 15.0. The Morgan fingerprint density at radius 2 is 2.16 bits per heavy atom. The van der Waals surface area contributed by atoms with Crippen LogP contribution in [0, 0.1) is 5.92 Å². The molecule has 0 amide bonds. The zero-order chi connectivity index (χ0) is 17.5. The van der Waals surface area contributed by atoms with Crippen molar-refractivity contribution in [2.75, 3.05) is 26.7 Å². The van der Waals surface area contributed by atoms with Crippen molar-refractivity contribution in [3.05, 3.63) is 52.2 Å². The normalized spacial score (nSPS) is 18.2. The smallest absolute Gasteiger partial charge is 0.191 e. The van der Waals surface area contributed by atoms with Crippen LogP contribution in [0.3, 0.4) is 0 Å². The van der Waals surface area contributed by atoms with Crippen LogP contribution in [0.1, 0.15) is 29.7 Å². The van der Waals surface area contributed by atoms with Crippen molar-refractivity contribution in [2.45, 2.75) is 25.7 Å². The lowest BCUT2D eigenvalue weighted by atomic mass is 9.93. The molecule has 1 aliphatic rings. The maximum Gasteiger partial charge on any atom is 0.191 e. The number of nitrogens with zero attached hydrogens (tertiary/aromatic N) is 1. The molecule has 2 heterocycles. The van der Waals surface area contributed by atoms with E-state index in [1.807, 2.05) is 24.5 Å². The Morgan fingerprint density at radius 3 is 2.96 bits per heavy atom. The largest absolute Gasteiger partial charge is 0.493 e. The van der Waals surface area contributed by atoms with Crippen molar-refractivity contribution in [3.8, 4) is 5.75 Å². The number of fused-ring (bicyclic) bond motifs is 1. The molecule has 5 heteroatoms. The number of ether oxygens (including phenoxy) is 1. The summed E-state index contributed by atoms with van der Waals surface area (Å²) in [5, 5.41) is 9.08. The highest BCUT2D eigenvalue weighted by Crippen LogP contribution is 2.32. The van der Waals surface area contributed by atoms with Gasteiger partial charge in [-0.05, 0) is 41.8 Å². The average molecular weight is 358 g/mol. The maximum absolute atomic E-state index is 5.74. The lowest BCUT2D eigenvalue weighted by Gasteiger charge is -2.26. The third-order valence-corrected chi connectivity index (χ3v) is 5.47. The average Bonchev–Trinajstić information content (AvgIpc) is 3.15. The van der Waals surface area contributed by atoms with Gasteiger partial charge >= 0.3 is 0 Å². The van der Waals surface area contributed by atoms with Gasteiger partial charge in [0.2, 0.25) is 0 Å². The highest BCUT2D eigenvalue weighted by molar-refractivity contribution is 7.09. The van der Waals surface area contributed by atoms with Gasteiger partial charge in [0.15, 0.2) is 5.96 Å². The molecule has 2 aromatic rings. The molecule has 0 fully saturated rings. The first-order valence-corrected chi connectivity index (χ1v) is 9.83. The van der Waals surface area contributed by atoms with Gasteiger partial charge in [0, 0.05) is 30.9 Å². The fraction of sp³-hybridized carbons (Fsp3) is 0.450. The van der Waals surface area contributed by atoms with Crippen LogP contribution in [-0.2, 0) is 6.42 Å². The second-order valence-electron chi connectivity index (χ2n) is 6.59. The number of nitrogens with one attached hydrogen (secondary N) is 2. The fourth-order valence-electron chi connectivity index (χ4n) is 3.18. The van der Waals surface area contributed by atoms with Crippen molar-refractivity contribution in [3.63, 3.8) is 0 Å².